The van der Waals surface area contributed by atoms with Crippen LogP contribution in [0.2, 0.25) is 0 Å². The summed E-state index contributed by atoms with van der Waals surface area (Å²) in [5.41, 5.74) is 3.12. The summed E-state index contributed by atoms with van der Waals surface area (Å²) < 4.78 is 5.47. The third-order valence-electron chi connectivity index (χ3n) is 4.85. The molecule has 1 aliphatic heterocycles. The van der Waals surface area contributed by atoms with Crippen LogP contribution in [0.1, 0.15) is 21.8 Å². The Labute approximate surface area is 157 Å². The number of aryl methyl sites for hydroxylation is 1. The van der Waals surface area contributed by atoms with Crippen molar-refractivity contribution in [2.45, 2.75) is 13.3 Å². The van der Waals surface area contributed by atoms with Gasteiger partial charge in [0.1, 0.15) is 5.52 Å². The number of amides is 2. The topological polar surface area (TPSA) is 66.7 Å². The number of oxazole rings is 1. The average molecular weight is 363 g/mol. The van der Waals surface area contributed by atoms with Crippen molar-refractivity contribution in [1.29, 1.82) is 0 Å². The lowest BCUT2D eigenvalue weighted by Crippen LogP contribution is -2.51. The molecule has 27 heavy (non-hydrogen) atoms. The Hall–Kier alpha value is -3.15. The number of hydrogen-bond donors (Lipinski definition) is 0. The first-order valence-corrected chi connectivity index (χ1v) is 9.08. The van der Waals surface area contributed by atoms with Crippen molar-refractivity contribution >= 4 is 22.9 Å². The number of nitrogens with zero attached hydrogens (tertiary/aromatic N) is 3. The smallest absolute Gasteiger partial charge is 0.253 e. The zero-order valence-electron chi connectivity index (χ0n) is 15.2. The Bertz CT molecular complexity index is 973. The molecule has 0 N–H and O–H groups in total. The molecule has 3 aromatic rings. The molecule has 138 valence electrons. The molecule has 2 amide bonds. The molecule has 0 saturated carbocycles. The number of fused-ring (bicyclic) bond motifs is 1. The van der Waals surface area contributed by atoms with Crippen molar-refractivity contribution in [2.24, 2.45) is 0 Å². The first-order valence-electron chi connectivity index (χ1n) is 9.08. The molecule has 2 heterocycles. The van der Waals surface area contributed by atoms with E-state index in [0.717, 1.165) is 16.7 Å². The molecule has 1 saturated heterocycles. The Morgan fingerprint density at radius 1 is 1.00 bits per heavy atom. The molecule has 0 radical (unpaired) electrons. The number of hydrogen-bond acceptors (Lipinski definition) is 4. The summed E-state index contributed by atoms with van der Waals surface area (Å²) in [6, 6.07) is 14.9. The minimum atomic E-state index is 0.0227. The number of carbonyl (C=O) groups is 2. The normalized spacial score (nSPS) is 14.6. The first kappa shape index (κ1) is 17.3. The Kier molecular flexibility index (Phi) is 4.62. The van der Waals surface area contributed by atoms with Crippen LogP contribution < -0.4 is 0 Å². The van der Waals surface area contributed by atoms with Crippen LogP contribution in [0.4, 0.5) is 0 Å². The fraction of sp³-hybridized carbons (Fsp3) is 0.286. The van der Waals surface area contributed by atoms with E-state index in [4.69, 9.17) is 4.42 Å². The standard InChI is InChI=1S/C21H21N3O3/c1-15-22-18-13-16(7-8-19(18)27-15)14-20(25)23-9-11-24(12-10-23)21(26)17-5-3-2-4-6-17/h2-8,13H,9-12,14H2,1H3. The van der Waals surface area contributed by atoms with Crippen LogP contribution in [0.5, 0.6) is 0 Å². The van der Waals surface area contributed by atoms with E-state index in [1.807, 2.05) is 58.3 Å². The van der Waals surface area contributed by atoms with E-state index in [2.05, 4.69) is 4.98 Å². The van der Waals surface area contributed by atoms with Gasteiger partial charge in [-0.3, -0.25) is 9.59 Å². The minimum absolute atomic E-state index is 0.0227. The van der Waals surface area contributed by atoms with E-state index < -0.39 is 0 Å². The SMILES string of the molecule is Cc1nc2cc(CC(=O)N3CCN(C(=O)c4ccccc4)CC3)ccc2o1. The van der Waals surface area contributed by atoms with Gasteiger partial charge in [-0.2, -0.15) is 0 Å². The van der Waals surface area contributed by atoms with E-state index in [1.54, 1.807) is 6.92 Å². The molecule has 0 spiro atoms. The fourth-order valence-electron chi connectivity index (χ4n) is 3.41. The van der Waals surface area contributed by atoms with E-state index in [0.29, 0.717) is 44.1 Å². The Morgan fingerprint density at radius 3 is 2.44 bits per heavy atom. The zero-order valence-corrected chi connectivity index (χ0v) is 15.2. The maximum Gasteiger partial charge on any atom is 0.253 e. The van der Waals surface area contributed by atoms with Crippen LogP contribution in [-0.4, -0.2) is 52.8 Å². The van der Waals surface area contributed by atoms with Gasteiger partial charge in [-0.15, -0.1) is 0 Å². The largest absolute Gasteiger partial charge is 0.441 e. The predicted octanol–water partition coefficient (Wildman–Crippen LogP) is 2.66. The lowest BCUT2D eigenvalue weighted by Gasteiger charge is -2.35. The third-order valence-corrected chi connectivity index (χ3v) is 4.85. The highest BCUT2D eigenvalue weighted by Crippen LogP contribution is 2.18. The maximum absolute atomic E-state index is 12.6. The van der Waals surface area contributed by atoms with Gasteiger partial charge in [0, 0.05) is 38.7 Å². The van der Waals surface area contributed by atoms with Crippen LogP contribution >= 0.6 is 0 Å². The Balaban J connectivity index is 1.36. The van der Waals surface area contributed by atoms with Crippen LogP contribution in [0.3, 0.4) is 0 Å². The second kappa shape index (κ2) is 7.23. The van der Waals surface area contributed by atoms with Crippen molar-refractivity contribution in [1.82, 2.24) is 14.8 Å². The van der Waals surface area contributed by atoms with Gasteiger partial charge in [-0.05, 0) is 29.8 Å². The van der Waals surface area contributed by atoms with Gasteiger partial charge in [-0.25, -0.2) is 4.98 Å². The van der Waals surface area contributed by atoms with Gasteiger partial charge in [0.2, 0.25) is 5.91 Å². The maximum atomic E-state index is 12.6. The minimum Gasteiger partial charge on any atom is -0.441 e. The van der Waals surface area contributed by atoms with E-state index in [1.165, 1.54) is 0 Å². The van der Waals surface area contributed by atoms with Gasteiger partial charge < -0.3 is 14.2 Å². The van der Waals surface area contributed by atoms with Crippen molar-refractivity contribution in [3.05, 3.63) is 65.5 Å². The highest BCUT2D eigenvalue weighted by molar-refractivity contribution is 5.94. The Morgan fingerprint density at radius 2 is 1.70 bits per heavy atom. The quantitative estimate of drug-likeness (QED) is 0.718. The van der Waals surface area contributed by atoms with Crippen LogP contribution in [0.15, 0.2) is 52.9 Å². The number of benzene rings is 2. The van der Waals surface area contributed by atoms with Gasteiger partial charge in [-0.1, -0.05) is 24.3 Å². The monoisotopic (exact) mass is 363 g/mol. The summed E-state index contributed by atoms with van der Waals surface area (Å²) >= 11 is 0. The number of aromatic nitrogens is 1. The number of carbonyl (C=O) groups excluding carboxylic acids is 2. The first-order chi connectivity index (χ1) is 13.1. The molecule has 4 rings (SSSR count). The summed E-state index contributed by atoms with van der Waals surface area (Å²) in [6.07, 6.45) is 0.328. The van der Waals surface area contributed by atoms with Crippen molar-refractivity contribution < 1.29 is 14.0 Å². The molecule has 2 aromatic carbocycles. The lowest BCUT2D eigenvalue weighted by molar-refractivity contribution is -0.131. The fourth-order valence-corrected chi connectivity index (χ4v) is 3.41. The average Bonchev–Trinajstić information content (AvgIpc) is 3.07. The molecule has 1 aliphatic rings. The second-order valence-corrected chi connectivity index (χ2v) is 6.75. The number of piperazine rings is 1. The predicted molar refractivity (Wildman–Crippen MR) is 101 cm³/mol. The van der Waals surface area contributed by atoms with Crippen LogP contribution in [0.25, 0.3) is 11.1 Å². The summed E-state index contributed by atoms with van der Waals surface area (Å²) in [6.45, 7) is 4.04. The van der Waals surface area contributed by atoms with Gasteiger partial charge >= 0.3 is 0 Å². The molecule has 0 unspecified atom stereocenters. The molecule has 1 fully saturated rings. The molecule has 0 atom stereocenters. The molecular formula is C21H21N3O3. The van der Waals surface area contributed by atoms with Crippen molar-refractivity contribution in [3.8, 4) is 0 Å². The highest BCUT2D eigenvalue weighted by atomic mass is 16.3. The van der Waals surface area contributed by atoms with E-state index >= 15 is 0 Å². The summed E-state index contributed by atoms with van der Waals surface area (Å²) in [5, 5.41) is 0. The van der Waals surface area contributed by atoms with E-state index in [9.17, 15) is 9.59 Å². The molecule has 0 bridgehead atoms. The molecule has 1 aromatic heterocycles. The van der Waals surface area contributed by atoms with Crippen molar-refractivity contribution in [3.63, 3.8) is 0 Å². The second-order valence-electron chi connectivity index (χ2n) is 6.75. The summed E-state index contributed by atoms with van der Waals surface area (Å²) in [7, 11) is 0. The highest BCUT2D eigenvalue weighted by Gasteiger charge is 2.24. The van der Waals surface area contributed by atoms with Crippen LogP contribution in [0, 0.1) is 6.92 Å². The lowest BCUT2D eigenvalue weighted by atomic mass is 10.1. The summed E-state index contributed by atoms with van der Waals surface area (Å²) in [4.78, 5) is 33.1. The molecule has 6 heteroatoms. The summed E-state index contributed by atoms with van der Waals surface area (Å²) in [5.74, 6) is 0.712. The zero-order chi connectivity index (χ0) is 18.8. The molecule has 0 aliphatic carbocycles. The van der Waals surface area contributed by atoms with Gasteiger partial charge in [0.15, 0.2) is 11.5 Å². The van der Waals surface area contributed by atoms with Gasteiger partial charge in [0.05, 0.1) is 6.42 Å². The van der Waals surface area contributed by atoms with Crippen molar-refractivity contribution in [2.75, 3.05) is 26.2 Å². The molecule has 6 nitrogen and oxygen atoms in total. The van der Waals surface area contributed by atoms with Crippen LogP contribution in [-0.2, 0) is 11.2 Å². The van der Waals surface area contributed by atoms with Gasteiger partial charge in [0.25, 0.3) is 5.91 Å². The van der Waals surface area contributed by atoms with E-state index in [-0.39, 0.29) is 11.8 Å². The third kappa shape index (κ3) is 3.69. The molecular weight excluding hydrogens is 342 g/mol. The number of rotatable bonds is 3.